The number of hydrogen-bond donors (Lipinski definition) is 2. The maximum atomic E-state index is 5.57. The van der Waals surface area contributed by atoms with Crippen LogP contribution in [0.1, 0.15) is 34.9 Å². The van der Waals surface area contributed by atoms with Gasteiger partial charge in [0.2, 0.25) is 0 Å². The molecule has 1 aliphatic rings. The second-order valence-corrected chi connectivity index (χ2v) is 7.50. The fourth-order valence-electron chi connectivity index (χ4n) is 2.95. The van der Waals surface area contributed by atoms with Gasteiger partial charge in [0.05, 0.1) is 11.6 Å². The van der Waals surface area contributed by atoms with Gasteiger partial charge in [-0.25, -0.2) is 4.98 Å². The molecule has 0 saturated carbocycles. The zero-order chi connectivity index (χ0) is 18.2. The Morgan fingerprint density at radius 3 is 2.93 bits per heavy atom. The van der Waals surface area contributed by atoms with Gasteiger partial charge in [-0.3, -0.25) is 4.99 Å². The zero-order valence-corrected chi connectivity index (χ0v) is 19.2. The van der Waals surface area contributed by atoms with Crippen LogP contribution in [0, 0.1) is 0 Å². The topological polar surface area (TPSA) is 58.5 Å². The van der Waals surface area contributed by atoms with E-state index in [1.807, 2.05) is 6.20 Å². The van der Waals surface area contributed by atoms with Crippen LogP contribution in [0.25, 0.3) is 0 Å². The zero-order valence-electron chi connectivity index (χ0n) is 16.1. The van der Waals surface area contributed by atoms with Gasteiger partial charge in [-0.2, -0.15) is 0 Å². The number of guanidine groups is 1. The molecular formula is C20H29IN4OS. The molecule has 27 heavy (non-hydrogen) atoms. The van der Waals surface area contributed by atoms with Crippen LogP contribution in [0.3, 0.4) is 0 Å². The van der Waals surface area contributed by atoms with E-state index < -0.39 is 0 Å². The summed E-state index contributed by atoms with van der Waals surface area (Å²) in [4.78, 5) is 10.5. The van der Waals surface area contributed by atoms with Crippen LogP contribution >= 0.6 is 35.3 Å². The quantitative estimate of drug-likeness (QED) is 0.331. The van der Waals surface area contributed by atoms with Gasteiger partial charge in [-0.15, -0.1) is 35.3 Å². The van der Waals surface area contributed by atoms with Crippen LogP contribution < -0.4 is 15.4 Å². The molecule has 2 N–H and O–H groups in total. The lowest BCUT2D eigenvalue weighted by Gasteiger charge is -2.11. The molecule has 1 aromatic carbocycles. The van der Waals surface area contributed by atoms with E-state index in [0.717, 1.165) is 63.6 Å². The predicted molar refractivity (Wildman–Crippen MR) is 124 cm³/mol. The van der Waals surface area contributed by atoms with Crippen molar-refractivity contribution in [1.82, 2.24) is 15.6 Å². The van der Waals surface area contributed by atoms with E-state index in [0.29, 0.717) is 0 Å². The first-order valence-electron chi connectivity index (χ1n) is 9.48. The average Bonchev–Trinajstić information content (AvgIpc) is 3.30. The first-order chi connectivity index (χ1) is 12.8. The van der Waals surface area contributed by atoms with Gasteiger partial charge in [0.1, 0.15) is 5.75 Å². The SMILES string of the molecule is CCNC(=NCCc1ncc(CC)s1)NCCc1ccc2c(c1)CCO2.I. The van der Waals surface area contributed by atoms with Crippen molar-refractivity contribution >= 4 is 41.3 Å². The summed E-state index contributed by atoms with van der Waals surface area (Å²) in [5.41, 5.74) is 2.67. The molecule has 7 heteroatoms. The fourth-order valence-corrected chi connectivity index (χ4v) is 3.80. The Bertz CT molecular complexity index is 747. The van der Waals surface area contributed by atoms with E-state index >= 15 is 0 Å². The molecule has 0 radical (unpaired) electrons. The van der Waals surface area contributed by atoms with Crippen molar-refractivity contribution in [3.63, 3.8) is 0 Å². The first-order valence-corrected chi connectivity index (χ1v) is 10.3. The second-order valence-electron chi connectivity index (χ2n) is 6.30. The first kappa shape index (κ1) is 21.9. The third-order valence-electron chi connectivity index (χ3n) is 4.35. The molecule has 1 aliphatic heterocycles. The Kier molecular flexibility index (Phi) is 9.33. The van der Waals surface area contributed by atoms with E-state index in [4.69, 9.17) is 4.74 Å². The minimum atomic E-state index is 0. The molecule has 0 atom stereocenters. The molecule has 0 fully saturated rings. The second kappa shape index (κ2) is 11.5. The van der Waals surface area contributed by atoms with Crippen LogP contribution in [0.5, 0.6) is 5.75 Å². The molecule has 5 nitrogen and oxygen atoms in total. The predicted octanol–water partition coefficient (Wildman–Crippen LogP) is 3.60. The number of nitrogens with zero attached hydrogens (tertiary/aromatic N) is 2. The number of hydrogen-bond acceptors (Lipinski definition) is 4. The molecule has 148 valence electrons. The molecule has 0 bridgehead atoms. The average molecular weight is 500 g/mol. The van der Waals surface area contributed by atoms with E-state index in [-0.39, 0.29) is 24.0 Å². The Morgan fingerprint density at radius 2 is 2.15 bits per heavy atom. The van der Waals surface area contributed by atoms with Gasteiger partial charge in [0.15, 0.2) is 5.96 Å². The standard InChI is InChI=1S/C20H28N4OS.HI/c1-3-17-14-24-19(26-17)8-11-23-20(21-4-2)22-10-7-15-5-6-18-16(13-15)9-12-25-18;/h5-6,13-14H,3-4,7-12H2,1-2H3,(H2,21,22,23);1H. The number of aliphatic imine (C=N–C) groups is 1. The van der Waals surface area contributed by atoms with Crippen LogP contribution in [-0.4, -0.2) is 37.2 Å². The number of aryl methyl sites for hydroxylation is 1. The highest BCUT2D eigenvalue weighted by Crippen LogP contribution is 2.25. The van der Waals surface area contributed by atoms with E-state index in [1.165, 1.54) is 21.0 Å². The molecule has 0 spiro atoms. The Labute approximate surface area is 183 Å². The van der Waals surface area contributed by atoms with Gasteiger partial charge >= 0.3 is 0 Å². The lowest BCUT2D eigenvalue weighted by Crippen LogP contribution is -2.38. The van der Waals surface area contributed by atoms with E-state index in [1.54, 1.807) is 11.3 Å². The number of halogens is 1. The third-order valence-corrected chi connectivity index (χ3v) is 5.55. The lowest BCUT2D eigenvalue weighted by molar-refractivity contribution is 0.357. The maximum absolute atomic E-state index is 5.57. The van der Waals surface area contributed by atoms with Crippen LogP contribution in [0.2, 0.25) is 0 Å². The highest BCUT2D eigenvalue weighted by Gasteiger charge is 2.11. The highest BCUT2D eigenvalue weighted by atomic mass is 127. The normalized spacial score (nSPS) is 12.9. The Hall–Kier alpha value is -1.35. The Balaban J connectivity index is 0.00000261. The molecule has 0 saturated heterocycles. The summed E-state index contributed by atoms with van der Waals surface area (Å²) < 4.78 is 5.57. The van der Waals surface area contributed by atoms with E-state index in [9.17, 15) is 0 Å². The summed E-state index contributed by atoms with van der Waals surface area (Å²) in [6.07, 6.45) is 5.93. The molecule has 0 unspecified atom stereocenters. The van der Waals surface area contributed by atoms with Gasteiger partial charge in [0, 0.05) is 43.5 Å². The highest BCUT2D eigenvalue weighted by molar-refractivity contribution is 14.0. The van der Waals surface area contributed by atoms with Crippen molar-refractivity contribution in [1.29, 1.82) is 0 Å². The van der Waals surface area contributed by atoms with Gasteiger partial charge < -0.3 is 15.4 Å². The number of rotatable bonds is 8. The number of benzene rings is 1. The summed E-state index contributed by atoms with van der Waals surface area (Å²) in [7, 11) is 0. The fraction of sp³-hybridized carbons (Fsp3) is 0.500. The van der Waals surface area contributed by atoms with Gasteiger partial charge in [-0.05, 0) is 37.0 Å². The van der Waals surface area contributed by atoms with Crippen molar-refractivity contribution in [3.8, 4) is 5.75 Å². The van der Waals surface area contributed by atoms with Crippen LogP contribution in [0.15, 0.2) is 29.4 Å². The van der Waals surface area contributed by atoms with E-state index in [2.05, 4.69) is 52.7 Å². The maximum Gasteiger partial charge on any atom is 0.191 e. The van der Waals surface area contributed by atoms with Crippen molar-refractivity contribution < 1.29 is 4.74 Å². The van der Waals surface area contributed by atoms with Crippen molar-refractivity contribution in [2.45, 2.75) is 39.5 Å². The van der Waals surface area contributed by atoms with Crippen molar-refractivity contribution in [3.05, 3.63) is 45.4 Å². The summed E-state index contributed by atoms with van der Waals surface area (Å²) in [5.74, 6) is 1.93. The minimum absolute atomic E-state index is 0. The molecular weight excluding hydrogens is 471 g/mol. The number of ether oxygens (including phenoxy) is 1. The molecule has 3 rings (SSSR count). The van der Waals surface area contributed by atoms with Gasteiger partial charge in [0.25, 0.3) is 0 Å². The molecule has 1 aromatic heterocycles. The molecule has 0 amide bonds. The number of thiazole rings is 1. The van der Waals surface area contributed by atoms with Crippen molar-refractivity contribution in [2.75, 3.05) is 26.2 Å². The smallest absolute Gasteiger partial charge is 0.191 e. The van der Waals surface area contributed by atoms with Crippen LogP contribution in [-0.2, 0) is 25.7 Å². The molecule has 2 aromatic rings. The monoisotopic (exact) mass is 500 g/mol. The molecule has 0 aliphatic carbocycles. The van der Waals surface area contributed by atoms with Crippen LogP contribution in [0.4, 0.5) is 0 Å². The van der Waals surface area contributed by atoms with Gasteiger partial charge in [-0.1, -0.05) is 19.1 Å². The Morgan fingerprint density at radius 1 is 1.26 bits per heavy atom. The largest absolute Gasteiger partial charge is 0.493 e. The van der Waals surface area contributed by atoms with Crippen molar-refractivity contribution in [2.24, 2.45) is 4.99 Å². The third kappa shape index (κ3) is 6.64. The lowest BCUT2D eigenvalue weighted by atomic mass is 10.1. The molecule has 2 heterocycles. The summed E-state index contributed by atoms with van der Waals surface area (Å²) >= 11 is 1.79. The minimum Gasteiger partial charge on any atom is -0.493 e. The summed E-state index contributed by atoms with van der Waals surface area (Å²) in [6, 6.07) is 6.51. The number of nitrogens with one attached hydrogen (secondary N) is 2. The number of aromatic nitrogens is 1. The number of fused-ring (bicyclic) bond motifs is 1. The summed E-state index contributed by atoms with van der Waals surface area (Å²) in [5, 5.41) is 7.91. The summed E-state index contributed by atoms with van der Waals surface area (Å²) in [6.45, 7) is 7.54.